The van der Waals surface area contributed by atoms with Gasteiger partial charge in [0.15, 0.2) is 0 Å². The van der Waals surface area contributed by atoms with E-state index in [2.05, 4.69) is 5.32 Å². The number of nitrogens with one attached hydrogen (secondary N) is 1. The van der Waals surface area contributed by atoms with Gasteiger partial charge in [-0.1, -0.05) is 50.8 Å². The Morgan fingerprint density at radius 2 is 1.88 bits per heavy atom. The molecule has 0 spiro atoms. The molecule has 0 bridgehead atoms. The summed E-state index contributed by atoms with van der Waals surface area (Å²) < 4.78 is 13.8. The summed E-state index contributed by atoms with van der Waals surface area (Å²) in [5, 5.41) is 3.50. The molecule has 0 aromatic heterocycles. The zero-order valence-electron chi connectivity index (χ0n) is 19.4. The molecule has 7 heteroatoms. The number of hydrogen-bond donors (Lipinski definition) is 2. The molecule has 2 amide bonds. The van der Waals surface area contributed by atoms with Gasteiger partial charge in [-0.25, -0.2) is 4.39 Å². The summed E-state index contributed by atoms with van der Waals surface area (Å²) in [6, 6.07) is 11.0. The number of hydrogen-bond acceptors (Lipinski definition) is 3. The molecule has 5 nitrogen and oxygen atoms in total. The first kappa shape index (κ1) is 25.2. The zero-order valence-corrected chi connectivity index (χ0v) is 20.1. The SMILES string of the molecule is CC(C)(CN)CN(Cc1cc(NC(=O)C2CCCCC2)ccc1Cl)C(=O)c1cccc(F)c1. The molecule has 0 heterocycles. The van der Waals surface area contributed by atoms with E-state index in [9.17, 15) is 14.0 Å². The van der Waals surface area contributed by atoms with Crippen molar-refractivity contribution >= 4 is 29.1 Å². The summed E-state index contributed by atoms with van der Waals surface area (Å²) in [6.45, 7) is 4.91. The molecule has 3 rings (SSSR count). The fourth-order valence-electron chi connectivity index (χ4n) is 4.17. The van der Waals surface area contributed by atoms with E-state index in [1.54, 1.807) is 23.1 Å². The highest BCUT2D eigenvalue weighted by atomic mass is 35.5. The first-order valence-corrected chi connectivity index (χ1v) is 11.9. The van der Waals surface area contributed by atoms with E-state index in [0.29, 0.717) is 29.4 Å². The van der Waals surface area contributed by atoms with Gasteiger partial charge in [0.2, 0.25) is 5.91 Å². The highest BCUT2D eigenvalue weighted by Crippen LogP contribution is 2.28. The van der Waals surface area contributed by atoms with Crippen LogP contribution in [0.15, 0.2) is 42.5 Å². The van der Waals surface area contributed by atoms with Crippen LogP contribution >= 0.6 is 11.6 Å². The molecule has 33 heavy (non-hydrogen) atoms. The lowest BCUT2D eigenvalue weighted by atomic mass is 9.88. The molecular formula is C26H33ClFN3O2. The average Bonchev–Trinajstić information content (AvgIpc) is 2.80. The van der Waals surface area contributed by atoms with Crippen molar-refractivity contribution in [2.45, 2.75) is 52.5 Å². The smallest absolute Gasteiger partial charge is 0.254 e. The third-order valence-electron chi connectivity index (χ3n) is 6.18. The Morgan fingerprint density at radius 1 is 1.15 bits per heavy atom. The first-order valence-electron chi connectivity index (χ1n) is 11.5. The molecule has 2 aromatic rings. The molecule has 1 saturated carbocycles. The van der Waals surface area contributed by atoms with Crippen LogP contribution in [0.3, 0.4) is 0 Å². The molecule has 0 unspecified atom stereocenters. The van der Waals surface area contributed by atoms with Crippen molar-refractivity contribution in [3.8, 4) is 0 Å². The Morgan fingerprint density at radius 3 is 2.55 bits per heavy atom. The fraction of sp³-hybridized carbons (Fsp3) is 0.462. The van der Waals surface area contributed by atoms with Crippen LogP contribution in [0.1, 0.15) is 61.9 Å². The van der Waals surface area contributed by atoms with Crippen LogP contribution in [0.25, 0.3) is 0 Å². The van der Waals surface area contributed by atoms with Gasteiger partial charge < -0.3 is 16.0 Å². The van der Waals surface area contributed by atoms with Crippen molar-refractivity contribution in [1.29, 1.82) is 0 Å². The predicted molar refractivity (Wildman–Crippen MR) is 131 cm³/mol. The van der Waals surface area contributed by atoms with Crippen molar-refractivity contribution in [2.24, 2.45) is 17.1 Å². The minimum absolute atomic E-state index is 0.0277. The number of halogens is 2. The van der Waals surface area contributed by atoms with Crippen LogP contribution in [0, 0.1) is 17.2 Å². The molecule has 1 aliphatic rings. The van der Waals surface area contributed by atoms with Crippen molar-refractivity contribution in [2.75, 3.05) is 18.4 Å². The Labute approximate surface area is 200 Å². The van der Waals surface area contributed by atoms with Crippen LogP contribution in [0.2, 0.25) is 5.02 Å². The van der Waals surface area contributed by atoms with Gasteiger partial charge in [-0.15, -0.1) is 0 Å². The molecular weight excluding hydrogens is 441 g/mol. The molecule has 178 valence electrons. The van der Waals surface area contributed by atoms with Gasteiger partial charge in [-0.05, 0) is 66.8 Å². The Balaban J connectivity index is 1.82. The van der Waals surface area contributed by atoms with E-state index in [1.807, 2.05) is 19.9 Å². The molecule has 1 fully saturated rings. The summed E-state index contributed by atoms with van der Waals surface area (Å²) in [5.41, 5.74) is 7.20. The fourth-order valence-corrected chi connectivity index (χ4v) is 4.35. The number of rotatable bonds is 8. The number of carbonyl (C=O) groups is 2. The second-order valence-corrected chi connectivity index (χ2v) is 10.1. The van der Waals surface area contributed by atoms with Gasteiger partial charge in [0.25, 0.3) is 5.91 Å². The predicted octanol–water partition coefficient (Wildman–Crippen LogP) is 5.63. The van der Waals surface area contributed by atoms with E-state index < -0.39 is 5.82 Å². The van der Waals surface area contributed by atoms with E-state index >= 15 is 0 Å². The highest BCUT2D eigenvalue weighted by Gasteiger charge is 2.26. The quantitative estimate of drug-likeness (QED) is 0.522. The maximum Gasteiger partial charge on any atom is 0.254 e. The molecule has 0 saturated heterocycles. The lowest BCUT2D eigenvalue weighted by Gasteiger charge is -2.32. The normalized spacial score (nSPS) is 14.7. The van der Waals surface area contributed by atoms with Crippen LogP contribution in [-0.4, -0.2) is 29.8 Å². The first-order chi connectivity index (χ1) is 15.7. The average molecular weight is 474 g/mol. The third-order valence-corrected chi connectivity index (χ3v) is 6.55. The monoisotopic (exact) mass is 473 g/mol. The van der Waals surface area contributed by atoms with Gasteiger partial charge in [0.1, 0.15) is 5.82 Å². The largest absolute Gasteiger partial charge is 0.334 e. The van der Waals surface area contributed by atoms with Gasteiger partial charge >= 0.3 is 0 Å². The van der Waals surface area contributed by atoms with Crippen molar-refractivity contribution in [3.63, 3.8) is 0 Å². The number of amides is 2. The van der Waals surface area contributed by atoms with Crippen molar-refractivity contribution in [3.05, 3.63) is 64.4 Å². The molecule has 0 aliphatic heterocycles. The molecule has 2 aromatic carbocycles. The van der Waals surface area contributed by atoms with Crippen LogP contribution in [0.4, 0.5) is 10.1 Å². The van der Waals surface area contributed by atoms with Gasteiger partial charge in [0, 0.05) is 35.3 Å². The van der Waals surface area contributed by atoms with E-state index in [0.717, 1.165) is 25.7 Å². The second-order valence-electron chi connectivity index (χ2n) is 9.67. The number of nitrogens with two attached hydrogens (primary N) is 1. The second kappa shape index (κ2) is 11.1. The van der Waals surface area contributed by atoms with Gasteiger partial charge in [-0.2, -0.15) is 0 Å². The summed E-state index contributed by atoms with van der Waals surface area (Å²) in [6.07, 6.45) is 5.17. The lowest BCUT2D eigenvalue weighted by molar-refractivity contribution is -0.120. The number of nitrogens with zero attached hydrogens (tertiary/aromatic N) is 1. The number of carbonyl (C=O) groups excluding carboxylic acids is 2. The molecule has 1 aliphatic carbocycles. The number of benzene rings is 2. The van der Waals surface area contributed by atoms with E-state index in [-0.39, 0.29) is 35.3 Å². The minimum Gasteiger partial charge on any atom is -0.334 e. The zero-order chi connectivity index (χ0) is 24.0. The minimum atomic E-state index is -0.468. The highest BCUT2D eigenvalue weighted by molar-refractivity contribution is 6.31. The lowest BCUT2D eigenvalue weighted by Crippen LogP contribution is -2.41. The molecule has 0 atom stereocenters. The summed E-state index contributed by atoms with van der Waals surface area (Å²) in [4.78, 5) is 27.6. The standard InChI is InChI=1S/C26H33ClFN3O2/c1-26(2,16-29)17-31(25(33)19-9-6-10-21(28)13-19)15-20-14-22(11-12-23(20)27)30-24(32)18-7-4-3-5-8-18/h6,9-14,18H,3-5,7-8,15-17,29H2,1-2H3,(H,30,32). The molecule has 0 radical (unpaired) electrons. The Kier molecular flexibility index (Phi) is 8.49. The van der Waals surface area contributed by atoms with E-state index in [1.165, 1.54) is 24.6 Å². The Bertz CT molecular complexity index is 989. The molecule has 3 N–H and O–H groups in total. The van der Waals surface area contributed by atoms with Gasteiger partial charge in [-0.3, -0.25) is 9.59 Å². The topological polar surface area (TPSA) is 75.4 Å². The maximum atomic E-state index is 13.8. The summed E-state index contributed by atoms with van der Waals surface area (Å²) in [7, 11) is 0. The third kappa shape index (κ3) is 7.02. The number of anilines is 1. The maximum absolute atomic E-state index is 13.8. The van der Waals surface area contributed by atoms with Crippen LogP contribution < -0.4 is 11.1 Å². The Hall–Kier alpha value is -2.44. The van der Waals surface area contributed by atoms with E-state index in [4.69, 9.17) is 17.3 Å². The van der Waals surface area contributed by atoms with Crippen molar-refractivity contribution < 1.29 is 14.0 Å². The van der Waals surface area contributed by atoms with Crippen LogP contribution in [0.5, 0.6) is 0 Å². The van der Waals surface area contributed by atoms with Crippen molar-refractivity contribution in [1.82, 2.24) is 4.90 Å². The van der Waals surface area contributed by atoms with Gasteiger partial charge in [0.05, 0.1) is 0 Å². The van der Waals surface area contributed by atoms with Crippen LogP contribution in [-0.2, 0) is 11.3 Å². The summed E-state index contributed by atoms with van der Waals surface area (Å²) >= 11 is 6.47. The summed E-state index contributed by atoms with van der Waals surface area (Å²) in [5.74, 6) is -0.706.